The molecule has 0 radical (unpaired) electrons. The summed E-state index contributed by atoms with van der Waals surface area (Å²) < 4.78 is 0. The van der Waals surface area contributed by atoms with Crippen molar-refractivity contribution in [2.24, 2.45) is 0 Å². The molecule has 4 rings (SSSR count). The molecule has 0 fully saturated rings. The van der Waals surface area contributed by atoms with E-state index in [2.05, 4.69) is 5.32 Å². The fourth-order valence-corrected chi connectivity index (χ4v) is 4.75. The summed E-state index contributed by atoms with van der Waals surface area (Å²) >= 11 is 0. The standard InChI is InChI=1S/C25H27N3O6/c29-22(27-34)9-3-1-2-6-15-10-11-17-16(14-26-20(17)12-15)13-21(25(32)33)28-23(30)18-7-4-5-8-19(18)24(28)31/h4-5,7-8,10-12,16,21,26,34H,1-3,6,9,13-14H2,(H,27,29)(H,32,33)/t16?,21-/m0/s1. The zero-order chi connectivity index (χ0) is 24.2. The van der Waals surface area contributed by atoms with E-state index in [1.54, 1.807) is 29.7 Å². The maximum Gasteiger partial charge on any atom is 0.326 e. The summed E-state index contributed by atoms with van der Waals surface area (Å²) in [6.07, 6.45) is 3.73. The number of imide groups is 1. The highest BCUT2D eigenvalue weighted by molar-refractivity contribution is 6.22. The summed E-state index contributed by atoms with van der Waals surface area (Å²) in [4.78, 5) is 49.7. The van der Waals surface area contributed by atoms with Gasteiger partial charge >= 0.3 is 5.97 Å². The normalized spacial score (nSPS) is 17.2. The second kappa shape index (κ2) is 10.0. The Balaban J connectivity index is 1.40. The number of carboxylic acid groups (broad SMARTS) is 1. The maximum atomic E-state index is 12.8. The van der Waals surface area contributed by atoms with Gasteiger partial charge in [-0.05, 0) is 55.0 Å². The number of benzene rings is 2. The number of aliphatic carboxylic acids is 1. The Hall–Kier alpha value is -3.72. The zero-order valence-electron chi connectivity index (χ0n) is 18.6. The van der Waals surface area contributed by atoms with E-state index in [0.29, 0.717) is 19.4 Å². The number of hydrogen-bond acceptors (Lipinski definition) is 6. The molecule has 2 aliphatic rings. The average Bonchev–Trinajstić information content (AvgIpc) is 3.35. The van der Waals surface area contributed by atoms with Crippen molar-refractivity contribution in [2.45, 2.75) is 50.5 Å². The molecule has 0 saturated carbocycles. The largest absolute Gasteiger partial charge is 0.480 e. The Morgan fingerprint density at radius 1 is 1.06 bits per heavy atom. The smallest absolute Gasteiger partial charge is 0.326 e. The van der Waals surface area contributed by atoms with Crippen molar-refractivity contribution in [3.05, 3.63) is 64.7 Å². The monoisotopic (exact) mass is 465 g/mol. The van der Waals surface area contributed by atoms with Crippen molar-refractivity contribution in [1.82, 2.24) is 10.4 Å². The van der Waals surface area contributed by atoms with Crippen LogP contribution in [0.3, 0.4) is 0 Å². The highest BCUT2D eigenvalue weighted by Crippen LogP contribution is 2.37. The predicted molar refractivity (Wildman–Crippen MR) is 123 cm³/mol. The maximum absolute atomic E-state index is 12.8. The Labute approximate surface area is 196 Å². The summed E-state index contributed by atoms with van der Waals surface area (Å²) in [5.41, 5.74) is 5.16. The number of hydroxylamine groups is 1. The number of aryl methyl sites for hydroxylation is 1. The summed E-state index contributed by atoms with van der Waals surface area (Å²) in [7, 11) is 0. The first kappa shape index (κ1) is 23.4. The first-order valence-electron chi connectivity index (χ1n) is 11.4. The van der Waals surface area contributed by atoms with Gasteiger partial charge in [0.2, 0.25) is 5.91 Å². The van der Waals surface area contributed by atoms with Crippen molar-refractivity contribution in [3.8, 4) is 0 Å². The molecule has 9 heteroatoms. The number of unbranched alkanes of at least 4 members (excludes halogenated alkanes) is 2. The number of anilines is 1. The Morgan fingerprint density at radius 3 is 2.41 bits per heavy atom. The third kappa shape index (κ3) is 4.65. The van der Waals surface area contributed by atoms with Crippen LogP contribution in [0.5, 0.6) is 0 Å². The van der Waals surface area contributed by atoms with Gasteiger partial charge in [-0.3, -0.25) is 24.5 Å². The van der Waals surface area contributed by atoms with Crippen molar-refractivity contribution in [3.63, 3.8) is 0 Å². The molecule has 4 N–H and O–H groups in total. The van der Waals surface area contributed by atoms with E-state index < -0.39 is 23.8 Å². The molecule has 34 heavy (non-hydrogen) atoms. The van der Waals surface area contributed by atoms with E-state index >= 15 is 0 Å². The molecule has 2 aliphatic heterocycles. The lowest BCUT2D eigenvalue weighted by atomic mass is 9.92. The number of nitrogens with zero attached hydrogens (tertiary/aromatic N) is 1. The molecular formula is C25H27N3O6. The molecule has 0 spiro atoms. The molecule has 3 amide bonds. The average molecular weight is 466 g/mol. The lowest BCUT2D eigenvalue weighted by molar-refractivity contribution is -0.142. The molecule has 0 aliphatic carbocycles. The van der Waals surface area contributed by atoms with Crippen molar-refractivity contribution in [1.29, 1.82) is 0 Å². The van der Waals surface area contributed by atoms with E-state index in [-0.39, 0.29) is 29.4 Å². The molecule has 9 nitrogen and oxygen atoms in total. The van der Waals surface area contributed by atoms with Gasteiger partial charge in [-0.1, -0.05) is 30.7 Å². The second-order valence-electron chi connectivity index (χ2n) is 8.71. The second-order valence-corrected chi connectivity index (χ2v) is 8.71. The predicted octanol–water partition coefficient (Wildman–Crippen LogP) is 2.94. The fourth-order valence-electron chi connectivity index (χ4n) is 4.75. The van der Waals surface area contributed by atoms with Crippen molar-refractivity contribution >= 4 is 29.4 Å². The van der Waals surface area contributed by atoms with Gasteiger partial charge in [0.25, 0.3) is 11.8 Å². The van der Waals surface area contributed by atoms with Crippen LogP contribution in [0.25, 0.3) is 0 Å². The van der Waals surface area contributed by atoms with Gasteiger partial charge in [0.1, 0.15) is 6.04 Å². The molecule has 2 aromatic rings. The SMILES string of the molecule is O=C(CCCCCc1ccc2c(c1)NCC2C[C@@H](C(=O)O)N1C(=O)c2ccccc2C1=O)NO. The van der Waals surface area contributed by atoms with Crippen LogP contribution >= 0.6 is 0 Å². The minimum Gasteiger partial charge on any atom is -0.480 e. The highest BCUT2D eigenvalue weighted by Gasteiger charge is 2.44. The number of carbonyl (C=O) groups is 4. The molecule has 1 unspecified atom stereocenters. The van der Waals surface area contributed by atoms with E-state index in [9.17, 15) is 24.3 Å². The zero-order valence-corrected chi connectivity index (χ0v) is 18.6. The van der Waals surface area contributed by atoms with E-state index in [1.165, 1.54) is 0 Å². The summed E-state index contributed by atoms with van der Waals surface area (Å²) in [6.45, 7) is 0.530. The van der Waals surface area contributed by atoms with Crippen LogP contribution in [0.2, 0.25) is 0 Å². The van der Waals surface area contributed by atoms with Gasteiger partial charge in [0.15, 0.2) is 0 Å². The van der Waals surface area contributed by atoms with Gasteiger partial charge in [-0.15, -0.1) is 0 Å². The van der Waals surface area contributed by atoms with Crippen LogP contribution in [0, 0.1) is 0 Å². The Kier molecular flexibility index (Phi) is 6.93. The van der Waals surface area contributed by atoms with Gasteiger partial charge in [-0.25, -0.2) is 10.3 Å². The van der Waals surface area contributed by atoms with E-state index in [1.807, 2.05) is 18.2 Å². The Morgan fingerprint density at radius 2 is 1.76 bits per heavy atom. The first-order chi connectivity index (χ1) is 16.4. The van der Waals surface area contributed by atoms with Crippen molar-refractivity contribution in [2.75, 3.05) is 11.9 Å². The summed E-state index contributed by atoms with van der Waals surface area (Å²) in [5.74, 6) is -2.86. The number of carboxylic acids is 1. The number of amides is 3. The minimum atomic E-state index is -1.25. The molecule has 0 bridgehead atoms. The fraction of sp³-hybridized carbons (Fsp3) is 0.360. The topological polar surface area (TPSA) is 136 Å². The van der Waals surface area contributed by atoms with Gasteiger partial charge in [-0.2, -0.15) is 0 Å². The first-order valence-corrected chi connectivity index (χ1v) is 11.4. The van der Waals surface area contributed by atoms with Crippen LogP contribution < -0.4 is 10.8 Å². The van der Waals surface area contributed by atoms with Crippen LogP contribution in [-0.4, -0.2) is 51.5 Å². The van der Waals surface area contributed by atoms with Crippen LogP contribution in [0.15, 0.2) is 42.5 Å². The lowest BCUT2D eigenvalue weighted by Crippen LogP contribution is -2.45. The highest BCUT2D eigenvalue weighted by atomic mass is 16.5. The van der Waals surface area contributed by atoms with Gasteiger partial charge in [0, 0.05) is 24.6 Å². The van der Waals surface area contributed by atoms with Gasteiger partial charge < -0.3 is 10.4 Å². The van der Waals surface area contributed by atoms with E-state index in [4.69, 9.17) is 5.21 Å². The Bertz CT molecular complexity index is 1100. The molecule has 2 heterocycles. The number of hydrogen-bond donors (Lipinski definition) is 4. The van der Waals surface area contributed by atoms with E-state index in [0.717, 1.165) is 41.0 Å². The number of carbonyl (C=O) groups excluding carboxylic acids is 3. The summed E-state index contributed by atoms with van der Waals surface area (Å²) in [5, 5.41) is 21.7. The molecular weight excluding hydrogens is 438 g/mol. The number of rotatable bonds is 10. The van der Waals surface area contributed by atoms with Crippen molar-refractivity contribution < 1.29 is 29.5 Å². The van der Waals surface area contributed by atoms with Gasteiger partial charge in [0.05, 0.1) is 11.1 Å². The van der Waals surface area contributed by atoms with Crippen LogP contribution in [-0.2, 0) is 16.0 Å². The minimum absolute atomic E-state index is 0.132. The van der Waals surface area contributed by atoms with Crippen LogP contribution in [0.1, 0.15) is 69.9 Å². The number of fused-ring (bicyclic) bond motifs is 2. The molecule has 178 valence electrons. The molecule has 0 saturated heterocycles. The quantitative estimate of drug-likeness (QED) is 0.183. The molecule has 2 atom stereocenters. The lowest BCUT2D eigenvalue weighted by Gasteiger charge is -2.25. The third-order valence-corrected chi connectivity index (χ3v) is 6.52. The molecule has 2 aromatic carbocycles. The third-order valence-electron chi connectivity index (χ3n) is 6.52. The number of nitrogens with one attached hydrogen (secondary N) is 2. The summed E-state index contributed by atoms with van der Waals surface area (Å²) in [6, 6.07) is 11.2. The molecule has 0 aromatic heterocycles. The van der Waals surface area contributed by atoms with Crippen LogP contribution in [0.4, 0.5) is 5.69 Å².